The van der Waals surface area contributed by atoms with Gasteiger partial charge >= 0.3 is 6.09 Å². The molecule has 0 bridgehead atoms. The van der Waals surface area contributed by atoms with E-state index in [1.807, 2.05) is 13.8 Å². The summed E-state index contributed by atoms with van der Waals surface area (Å²) in [6.45, 7) is 8.52. The van der Waals surface area contributed by atoms with Gasteiger partial charge in [-0.1, -0.05) is 26.0 Å². The van der Waals surface area contributed by atoms with Crippen LogP contribution in [0.15, 0.2) is 47.4 Å². The molecule has 3 saturated heterocycles. The molecule has 1 amide bonds. The van der Waals surface area contributed by atoms with E-state index in [9.17, 15) is 18.3 Å². The van der Waals surface area contributed by atoms with Gasteiger partial charge in [0.05, 0.1) is 36.2 Å². The summed E-state index contributed by atoms with van der Waals surface area (Å²) < 4.78 is 64.3. The van der Waals surface area contributed by atoms with Crippen molar-refractivity contribution in [3.05, 3.63) is 48.0 Å². The molecular formula is C31H40N2O10S. The lowest BCUT2D eigenvalue weighted by molar-refractivity contribution is -0.0911. The van der Waals surface area contributed by atoms with Gasteiger partial charge in [-0.3, -0.25) is 4.90 Å². The Bertz CT molecular complexity index is 1460. The Morgan fingerprint density at radius 3 is 2.61 bits per heavy atom. The summed E-state index contributed by atoms with van der Waals surface area (Å²) in [7, 11) is -3.99. The number of carbonyl (C=O) groups excluding carboxylic acids is 1. The molecule has 6 rings (SSSR count). The zero-order chi connectivity index (χ0) is 31.2. The van der Waals surface area contributed by atoms with Gasteiger partial charge in [-0.2, -0.15) is 4.31 Å². The number of benzene rings is 2. The Balaban J connectivity index is 1.30. The number of carbonyl (C=O) groups is 1. The van der Waals surface area contributed by atoms with Crippen LogP contribution in [0.25, 0.3) is 0 Å². The van der Waals surface area contributed by atoms with E-state index in [2.05, 4.69) is 0 Å². The molecule has 12 nitrogen and oxygen atoms in total. The van der Waals surface area contributed by atoms with Crippen molar-refractivity contribution < 1.29 is 46.7 Å². The molecular weight excluding hydrogens is 592 g/mol. The van der Waals surface area contributed by atoms with Crippen molar-refractivity contribution in [3.8, 4) is 17.2 Å². The first-order chi connectivity index (χ1) is 20.9. The zero-order valence-corrected chi connectivity index (χ0v) is 26.2. The van der Waals surface area contributed by atoms with Gasteiger partial charge in [-0.25, -0.2) is 13.2 Å². The van der Waals surface area contributed by atoms with E-state index in [0.29, 0.717) is 24.5 Å². The number of phenolic OH excluding ortho intramolecular Hbond substituents is 1. The van der Waals surface area contributed by atoms with Crippen LogP contribution >= 0.6 is 0 Å². The normalized spacial score (nSPS) is 27.3. The molecule has 0 aromatic heterocycles. The summed E-state index contributed by atoms with van der Waals surface area (Å²) >= 11 is 0. The predicted octanol–water partition coefficient (Wildman–Crippen LogP) is 3.71. The van der Waals surface area contributed by atoms with Crippen molar-refractivity contribution in [2.45, 2.75) is 75.7 Å². The molecule has 1 N–H and O–H groups in total. The largest absolute Gasteiger partial charge is 0.508 e. The van der Waals surface area contributed by atoms with E-state index in [4.69, 9.17) is 28.4 Å². The molecule has 4 aliphatic rings. The van der Waals surface area contributed by atoms with Crippen LogP contribution in [-0.4, -0.2) is 92.2 Å². The van der Waals surface area contributed by atoms with Gasteiger partial charge < -0.3 is 33.5 Å². The average Bonchev–Trinajstić information content (AvgIpc) is 3.74. The summed E-state index contributed by atoms with van der Waals surface area (Å²) in [6.07, 6.45) is -0.999. The van der Waals surface area contributed by atoms with Crippen LogP contribution in [0.2, 0.25) is 0 Å². The third-order valence-corrected chi connectivity index (χ3v) is 10.4. The minimum absolute atomic E-state index is 0.00397. The highest BCUT2D eigenvalue weighted by Gasteiger charge is 2.53. The topological polar surface area (TPSA) is 133 Å². The third-order valence-electron chi connectivity index (χ3n) is 8.53. The quantitative estimate of drug-likeness (QED) is 0.436. The van der Waals surface area contributed by atoms with Crippen LogP contribution in [-0.2, 0) is 35.4 Å². The van der Waals surface area contributed by atoms with Gasteiger partial charge in [-0.05, 0) is 62.4 Å². The van der Waals surface area contributed by atoms with Gasteiger partial charge in [0, 0.05) is 19.2 Å². The molecule has 13 heteroatoms. The standard InChI is InChI=1S/C31H40N2O10S/c1-19(2)15-32(44(36,37)22-9-10-25-26(14-22)41-18-40-25)16-27-24(13-20-5-7-21(34)8-6-20)33(31(3,4)43-27)30(35)42-28-17-39-29-23(28)11-12-38-29/h5-10,14,19,23-24,27-29,34H,11-13,15-18H2,1-4H3/t23-,24-,27+,28+,29+/m0/s1. The molecule has 0 radical (unpaired) electrons. The fraction of sp³-hybridized carbons (Fsp3) is 0.581. The van der Waals surface area contributed by atoms with Crippen molar-refractivity contribution in [1.82, 2.24) is 9.21 Å². The van der Waals surface area contributed by atoms with Crippen LogP contribution in [0.3, 0.4) is 0 Å². The second-order valence-corrected chi connectivity index (χ2v) is 14.5. The second kappa shape index (κ2) is 12.0. The van der Waals surface area contributed by atoms with Gasteiger partial charge in [-0.15, -0.1) is 0 Å². The lowest BCUT2D eigenvalue weighted by atomic mass is 9.99. The van der Waals surface area contributed by atoms with Crippen LogP contribution < -0.4 is 9.47 Å². The van der Waals surface area contributed by atoms with Crippen molar-refractivity contribution in [2.75, 3.05) is 33.1 Å². The number of aromatic hydroxyl groups is 1. The van der Waals surface area contributed by atoms with Gasteiger partial charge in [0.2, 0.25) is 16.8 Å². The van der Waals surface area contributed by atoms with E-state index in [1.54, 1.807) is 49.1 Å². The fourth-order valence-electron chi connectivity index (χ4n) is 6.48. The van der Waals surface area contributed by atoms with Crippen molar-refractivity contribution in [3.63, 3.8) is 0 Å². The number of sulfonamides is 1. The van der Waals surface area contributed by atoms with Crippen molar-refractivity contribution >= 4 is 16.1 Å². The maximum Gasteiger partial charge on any atom is 0.412 e. The van der Waals surface area contributed by atoms with E-state index in [1.165, 1.54) is 16.4 Å². The van der Waals surface area contributed by atoms with E-state index in [0.717, 1.165) is 12.0 Å². The number of fused-ring (bicyclic) bond motifs is 2. The Morgan fingerprint density at radius 2 is 1.86 bits per heavy atom. The Kier molecular flexibility index (Phi) is 8.44. The van der Waals surface area contributed by atoms with Crippen LogP contribution in [0.4, 0.5) is 4.79 Å². The molecule has 2 aromatic rings. The third kappa shape index (κ3) is 6.08. The molecule has 0 unspecified atom stereocenters. The molecule has 0 spiro atoms. The predicted molar refractivity (Wildman–Crippen MR) is 157 cm³/mol. The number of nitrogens with zero attached hydrogens (tertiary/aromatic N) is 2. The first kappa shape index (κ1) is 30.9. The number of phenols is 1. The second-order valence-electron chi connectivity index (χ2n) is 12.6. The molecule has 0 saturated carbocycles. The SMILES string of the molecule is CC(C)CN(C[C@H]1OC(C)(C)N(C(=O)O[C@@H]2CO[C@H]3OCC[C@H]32)[C@H]1Cc1ccc(O)cc1)S(=O)(=O)c1ccc2c(c1)OCO2. The van der Waals surface area contributed by atoms with Crippen LogP contribution in [0.5, 0.6) is 17.2 Å². The first-order valence-electron chi connectivity index (χ1n) is 15.0. The molecule has 44 heavy (non-hydrogen) atoms. The molecule has 5 atom stereocenters. The Hall–Kier alpha value is -3.10. The maximum absolute atomic E-state index is 14.1. The number of hydrogen-bond donors (Lipinski definition) is 1. The fourth-order valence-corrected chi connectivity index (χ4v) is 8.11. The lowest BCUT2D eigenvalue weighted by Gasteiger charge is -2.34. The summed E-state index contributed by atoms with van der Waals surface area (Å²) in [5, 5.41) is 9.86. The Labute approximate surface area is 257 Å². The molecule has 240 valence electrons. The molecule has 4 aliphatic heterocycles. The van der Waals surface area contributed by atoms with Crippen LogP contribution in [0, 0.1) is 11.8 Å². The van der Waals surface area contributed by atoms with Gasteiger partial charge in [0.1, 0.15) is 17.6 Å². The minimum Gasteiger partial charge on any atom is -0.508 e. The van der Waals surface area contributed by atoms with Crippen LogP contribution in [0.1, 0.15) is 39.7 Å². The molecule has 0 aliphatic carbocycles. The monoisotopic (exact) mass is 632 g/mol. The lowest BCUT2D eigenvalue weighted by Crippen LogP contribution is -2.51. The highest BCUT2D eigenvalue weighted by Crippen LogP contribution is 2.39. The minimum atomic E-state index is -3.99. The van der Waals surface area contributed by atoms with E-state index >= 15 is 0 Å². The number of rotatable bonds is 9. The summed E-state index contributed by atoms with van der Waals surface area (Å²) in [5.41, 5.74) is -0.264. The summed E-state index contributed by atoms with van der Waals surface area (Å²) in [6, 6.07) is 10.7. The maximum atomic E-state index is 14.1. The smallest absolute Gasteiger partial charge is 0.412 e. The first-order valence-corrected chi connectivity index (χ1v) is 16.4. The zero-order valence-electron chi connectivity index (χ0n) is 25.4. The molecule has 3 fully saturated rings. The molecule has 4 heterocycles. The highest BCUT2D eigenvalue weighted by molar-refractivity contribution is 7.89. The summed E-state index contributed by atoms with van der Waals surface area (Å²) in [4.78, 5) is 15.6. The average molecular weight is 633 g/mol. The van der Waals surface area contributed by atoms with E-state index < -0.39 is 40.1 Å². The molecule has 2 aromatic carbocycles. The Morgan fingerprint density at radius 1 is 1.11 bits per heavy atom. The van der Waals surface area contributed by atoms with Gasteiger partial charge in [0.15, 0.2) is 17.8 Å². The number of ether oxygens (including phenoxy) is 6. The number of amides is 1. The highest BCUT2D eigenvalue weighted by atomic mass is 32.2. The van der Waals surface area contributed by atoms with Gasteiger partial charge in [0.25, 0.3) is 0 Å². The van der Waals surface area contributed by atoms with Crippen molar-refractivity contribution in [1.29, 1.82) is 0 Å². The van der Waals surface area contributed by atoms with E-state index in [-0.39, 0.29) is 55.3 Å². The van der Waals surface area contributed by atoms with Crippen molar-refractivity contribution in [2.24, 2.45) is 11.8 Å². The number of hydrogen-bond acceptors (Lipinski definition) is 10. The summed E-state index contributed by atoms with van der Waals surface area (Å²) in [5.74, 6) is 0.960.